The molecular formula is C26H17ClN7Na3O10S3. The second-order valence-electron chi connectivity index (χ2n) is 8.95. The number of halogens is 1. The van der Waals surface area contributed by atoms with Gasteiger partial charge < -0.3 is 30.4 Å². The quantitative estimate of drug-likeness (QED) is 0.0287. The Morgan fingerprint density at radius 1 is 0.880 bits per heavy atom. The number of aromatic nitrogens is 3. The van der Waals surface area contributed by atoms with E-state index in [1.165, 1.54) is 24.3 Å². The maximum atomic E-state index is 11.6. The molecule has 5 aromatic rings. The van der Waals surface area contributed by atoms with E-state index in [4.69, 9.17) is 11.6 Å². The van der Waals surface area contributed by atoms with E-state index in [0.717, 1.165) is 6.07 Å². The maximum absolute atomic E-state index is 11.6. The Kier molecular flexibility index (Phi) is 18.8. The predicted octanol–water partition coefficient (Wildman–Crippen LogP) is -4.31. The summed E-state index contributed by atoms with van der Waals surface area (Å²) < 4.78 is 43.8. The fraction of sp³-hybridized carbons (Fsp3) is 0.0385. The Morgan fingerprint density at radius 2 is 1.54 bits per heavy atom. The first-order valence-electron chi connectivity index (χ1n) is 12.6. The molecule has 5 rings (SSSR count). The Labute approximate surface area is 363 Å². The number of azo groups is 1. The number of para-hydroxylation sites is 1. The third kappa shape index (κ3) is 11.4. The number of fused-ring (bicyclic) bond motifs is 1. The molecule has 0 saturated carbocycles. The first-order chi connectivity index (χ1) is 22.6. The van der Waals surface area contributed by atoms with Crippen molar-refractivity contribution in [2.24, 2.45) is 10.2 Å². The van der Waals surface area contributed by atoms with Gasteiger partial charge in [0, 0.05) is 18.1 Å². The van der Waals surface area contributed by atoms with Gasteiger partial charge in [-0.2, -0.15) is 23.6 Å². The summed E-state index contributed by atoms with van der Waals surface area (Å²) in [5.74, 6) is -0.218. The van der Waals surface area contributed by atoms with Crippen LogP contribution in [-0.2, 0) is 28.9 Å². The van der Waals surface area contributed by atoms with E-state index in [1.54, 1.807) is 54.4 Å². The van der Waals surface area contributed by atoms with Crippen molar-refractivity contribution in [3.05, 3.63) is 78.1 Å². The van der Waals surface area contributed by atoms with Crippen LogP contribution in [0.5, 0.6) is 5.75 Å². The van der Waals surface area contributed by atoms with Crippen LogP contribution in [0, 0.1) is 0 Å². The molecule has 0 aliphatic carbocycles. The molecule has 17 nitrogen and oxygen atoms in total. The Bertz CT molecular complexity index is 2080. The molecule has 2 N–H and O–H groups in total. The third-order valence-electron chi connectivity index (χ3n) is 6.15. The molecule has 244 valence electrons. The van der Waals surface area contributed by atoms with Crippen molar-refractivity contribution in [1.82, 2.24) is 15.0 Å². The molecule has 0 fully saturated rings. The second kappa shape index (κ2) is 20.9. The molecular weight excluding hydrogens is 771 g/mol. The molecule has 0 unspecified atom stereocenters. The van der Waals surface area contributed by atoms with E-state index >= 15 is 0 Å². The minimum absolute atomic E-state index is 0. The molecule has 0 atom stereocenters. The number of aromatic hydroxyl groups is 1. The van der Waals surface area contributed by atoms with Crippen LogP contribution < -0.4 is 109 Å². The number of anilines is 4. The SMILES string of the molecule is CN(c1ccc2c(O)c(N=Nc3ccccc3S(=O)(=O)[O-])c(SOO[O-])cc2c1)c1nc(Cl)nc(Nc2ccccc2SOO[O-])n1.[Na+].[Na+].[Na+]. The third-order valence-corrected chi connectivity index (χ3v) is 8.47. The summed E-state index contributed by atoms with van der Waals surface area (Å²) in [5, 5.41) is 50.3. The molecule has 50 heavy (non-hydrogen) atoms. The average molecular weight is 788 g/mol. The number of phenols is 1. The molecule has 0 amide bonds. The van der Waals surface area contributed by atoms with Gasteiger partial charge in [0.1, 0.15) is 21.5 Å². The van der Waals surface area contributed by atoms with E-state index < -0.39 is 20.8 Å². The monoisotopic (exact) mass is 787 g/mol. The van der Waals surface area contributed by atoms with Gasteiger partial charge in [-0.25, -0.2) is 8.42 Å². The van der Waals surface area contributed by atoms with Crippen LogP contribution in [0.3, 0.4) is 0 Å². The van der Waals surface area contributed by atoms with Crippen molar-refractivity contribution in [1.29, 1.82) is 0 Å². The van der Waals surface area contributed by atoms with Crippen LogP contribution in [0.25, 0.3) is 10.8 Å². The summed E-state index contributed by atoms with van der Waals surface area (Å²) in [6, 6.07) is 18.2. The number of rotatable bonds is 13. The zero-order valence-electron chi connectivity index (χ0n) is 26.3. The molecule has 0 radical (unpaired) electrons. The van der Waals surface area contributed by atoms with Gasteiger partial charge in [0.05, 0.1) is 44.5 Å². The summed E-state index contributed by atoms with van der Waals surface area (Å²) in [5.41, 5.74) is 0.521. The van der Waals surface area contributed by atoms with Gasteiger partial charge in [-0.15, -0.1) is 10.2 Å². The van der Waals surface area contributed by atoms with Gasteiger partial charge in [0.25, 0.3) is 0 Å². The van der Waals surface area contributed by atoms with Crippen molar-refractivity contribution in [3.8, 4) is 5.75 Å². The molecule has 24 heteroatoms. The van der Waals surface area contributed by atoms with Gasteiger partial charge >= 0.3 is 88.7 Å². The minimum Gasteiger partial charge on any atom is -0.744 e. The molecule has 1 aromatic heterocycles. The maximum Gasteiger partial charge on any atom is 1.00 e. The Balaban J connectivity index is 0.00000289. The molecule has 0 aliphatic heterocycles. The van der Waals surface area contributed by atoms with Crippen LogP contribution in [0.4, 0.5) is 34.6 Å². The van der Waals surface area contributed by atoms with Gasteiger partial charge in [-0.3, -0.25) is 10.1 Å². The van der Waals surface area contributed by atoms with E-state index in [0.29, 0.717) is 45.7 Å². The van der Waals surface area contributed by atoms with Crippen LogP contribution in [0.15, 0.2) is 97.7 Å². The first kappa shape index (κ1) is 45.0. The number of nitrogens with zero attached hydrogens (tertiary/aromatic N) is 6. The van der Waals surface area contributed by atoms with Crippen molar-refractivity contribution in [3.63, 3.8) is 0 Å². The number of hydrogen-bond acceptors (Lipinski definition) is 19. The zero-order valence-corrected chi connectivity index (χ0v) is 35.5. The van der Waals surface area contributed by atoms with Crippen molar-refractivity contribution in [2.75, 3.05) is 17.3 Å². The molecule has 0 spiro atoms. The number of benzene rings is 4. The summed E-state index contributed by atoms with van der Waals surface area (Å²) >= 11 is 7.28. The van der Waals surface area contributed by atoms with Crippen LogP contribution in [-0.4, -0.2) is 40.1 Å². The predicted molar refractivity (Wildman–Crippen MR) is 163 cm³/mol. The minimum atomic E-state index is -4.88. The van der Waals surface area contributed by atoms with Crippen LogP contribution >= 0.6 is 35.7 Å². The molecule has 4 aromatic carbocycles. The molecule has 1 heterocycles. The molecule has 0 saturated heterocycles. The van der Waals surface area contributed by atoms with E-state index in [1.807, 2.05) is 0 Å². The Morgan fingerprint density at radius 3 is 2.24 bits per heavy atom. The van der Waals surface area contributed by atoms with E-state index in [2.05, 4.69) is 49.2 Å². The fourth-order valence-electron chi connectivity index (χ4n) is 4.09. The summed E-state index contributed by atoms with van der Waals surface area (Å²) in [4.78, 5) is 14.2. The number of nitrogens with one attached hydrogen (secondary N) is 1. The van der Waals surface area contributed by atoms with Crippen LogP contribution in [0.1, 0.15) is 0 Å². The molecule has 0 aliphatic rings. The van der Waals surface area contributed by atoms with Crippen molar-refractivity contribution >= 4 is 91.2 Å². The molecule has 0 bridgehead atoms. The number of phenolic OH excluding ortho intramolecular Hbond substituents is 1. The topological polar surface area (TPSA) is 239 Å². The normalized spacial score (nSPS) is 11.1. The van der Waals surface area contributed by atoms with Gasteiger partial charge in [0.15, 0.2) is 5.75 Å². The first-order valence-corrected chi connectivity index (χ1v) is 15.9. The average Bonchev–Trinajstić information content (AvgIpc) is 3.05. The standard InChI is InChI=1S/C26H20ClN7O10S3.3Na/c1-34(26-30-24(27)29-25(31-26)28-17-6-2-4-8-19(17)45-43-41-36)15-10-11-16-14(12-15)13-20(46-44-42-37)22(23(16)35)33-32-18-7-3-5-9-21(18)47(38,39)40;;;/h2-13,35-37H,1H3,(H,38,39,40)(H,28,29,30,31);;;/q;3*+1/p-3. The summed E-state index contributed by atoms with van der Waals surface area (Å²) in [6.45, 7) is 0. The summed E-state index contributed by atoms with van der Waals surface area (Å²) in [7, 11) is -3.23. The van der Waals surface area contributed by atoms with Crippen molar-refractivity contribution in [2.45, 2.75) is 14.7 Å². The second-order valence-corrected chi connectivity index (χ2v) is 12.1. The van der Waals surface area contributed by atoms with E-state index in [-0.39, 0.29) is 128 Å². The smallest absolute Gasteiger partial charge is 0.744 e. The number of hydrogen-bond donors (Lipinski definition) is 2. The fourth-order valence-corrected chi connectivity index (χ4v) is 5.79. The van der Waals surface area contributed by atoms with E-state index in [9.17, 15) is 28.6 Å². The van der Waals surface area contributed by atoms with Gasteiger partial charge in [-0.05, 0) is 65.5 Å². The largest absolute Gasteiger partial charge is 1.00 e. The van der Waals surface area contributed by atoms with Crippen molar-refractivity contribution < 1.29 is 136 Å². The summed E-state index contributed by atoms with van der Waals surface area (Å²) in [6.07, 6.45) is 0. The van der Waals surface area contributed by atoms with Crippen LogP contribution in [0.2, 0.25) is 5.28 Å². The van der Waals surface area contributed by atoms with Gasteiger partial charge in [-0.1, -0.05) is 24.3 Å². The zero-order chi connectivity index (χ0) is 33.6. The van der Waals surface area contributed by atoms with Gasteiger partial charge in [0.2, 0.25) is 17.2 Å². The Hall–Kier alpha value is -1.19.